The summed E-state index contributed by atoms with van der Waals surface area (Å²) in [6, 6.07) is 4.98. The lowest BCUT2D eigenvalue weighted by molar-refractivity contribution is -0.136. The van der Waals surface area contributed by atoms with Crippen molar-refractivity contribution in [1.29, 1.82) is 0 Å². The summed E-state index contributed by atoms with van der Waals surface area (Å²) in [5.74, 6) is 0.742. The number of methoxy groups -OCH3 is 3. The smallest absolute Gasteiger partial charge is 0.338 e. The maximum Gasteiger partial charge on any atom is 0.338 e. The SMILES string of the molecule is CCC1=C(C(=O)OC)C(c2cc(OC)cc(OC)c2)N2C(CC(=O)N(C)CC)=CSC2=N1. The number of hydrogen-bond acceptors (Lipinski definition) is 8. The average molecular weight is 460 g/mol. The fraction of sp³-hybridized carbons (Fsp3) is 0.435. The van der Waals surface area contributed by atoms with Gasteiger partial charge in [0.1, 0.15) is 11.5 Å². The molecule has 0 aromatic heterocycles. The first-order chi connectivity index (χ1) is 15.4. The van der Waals surface area contributed by atoms with E-state index < -0.39 is 12.0 Å². The first kappa shape index (κ1) is 23.7. The summed E-state index contributed by atoms with van der Waals surface area (Å²) in [6.45, 7) is 4.50. The number of aliphatic imine (C=N–C) groups is 1. The molecular weight excluding hydrogens is 430 g/mol. The summed E-state index contributed by atoms with van der Waals surface area (Å²) in [5, 5.41) is 2.65. The van der Waals surface area contributed by atoms with E-state index in [4.69, 9.17) is 19.2 Å². The zero-order valence-corrected chi connectivity index (χ0v) is 20.1. The lowest BCUT2D eigenvalue weighted by Gasteiger charge is -2.37. The molecule has 1 amide bonds. The molecule has 0 saturated carbocycles. The number of amidine groups is 1. The lowest BCUT2D eigenvalue weighted by Crippen LogP contribution is -2.38. The van der Waals surface area contributed by atoms with Crippen molar-refractivity contribution >= 4 is 28.8 Å². The van der Waals surface area contributed by atoms with Crippen molar-refractivity contribution in [3.63, 3.8) is 0 Å². The van der Waals surface area contributed by atoms with Crippen LogP contribution >= 0.6 is 11.8 Å². The molecule has 0 fully saturated rings. The van der Waals surface area contributed by atoms with Crippen molar-refractivity contribution < 1.29 is 23.8 Å². The molecular formula is C23H29N3O5S. The highest BCUT2D eigenvalue weighted by Crippen LogP contribution is 2.46. The molecule has 172 valence electrons. The number of allylic oxidation sites excluding steroid dienone is 1. The second-order valence-corrected chi connectivity index (χ2v) is 8.17. The molecule has 2 heterocycles. The zero-order valence-electron chi connectivity index (χ0n) is 19.3. The molecule has 1 atom stereocenters. The van der Waals surface area contributed by atoms with E-state index in [9.17, 15) is 9.59 Å². The van der Waals surface area contributed by atoms with Crippen molar-refractivity contribution in [3.05, 3.63) is 46.1 Å². The molecule has 0 spiro atoms. The van der Waals surface area contributed by atoms with Gasteiger partial charge in [0.25, 0.3) is 0 Å². The third-order valence-corrected chi connectivity index (χ3v) is 6.44. The number of benzene rings is 1. The molecule has 0 N–H and O–H groups in total. The number of ether oxygens (including phenoxy) is 3. The van der Waals surface area contributed by atoms with Gasteiger partial charge in [-0.05, 0) is 36.4 Å². The summed E-state index contributed by atoms with van der Waals surface area (Å²) in [7, 11) is 6.30. The number of rotatable bonds is 8. The van der Waals surface area contributed by atoms with Crippen LogP contribution in [-0.4, -0.2) is 61.8 Å². The van der Waals surface area contributed by atoms with E-state index in [1.807, 2.05) is 36.3 Å². The Morgan fingerprint density at radius 2 is 1.78 bits per heavy atom. The Bertz CT molecular complexity index is 979. The van der Waals surface area contributed by atoms with Crippen molar-refractivity contribution in [2.24, 2.45) is 4.99 Å². The maximum absolute atomic E-state index is 13.0. The van der Waals surface area contributed by atoms with Gasteiger partial charge in [0, 0.05) is 25.4 Å². The number of fused-ring (bicyclic) bond motifs is 1. The third-order valence-electron chi connectivity index (χ3n) is 5.55. The molecule has 3 rings (SSSR count). The average Bonchev–Trinajstić information content (AvgIpc) is 3.23. The Kier molecular flexibility index (Phi) is 7.50. The van der Waals surface area contributed by atoms with Gasteiger partial charge in [-0.15, -0.1) is 0 Å². The molecule has 0 saturated heterocycles. The van der Waals surface area contributed by atoms with Crippen LogP contribution in [0.1, 0.15) is 38.3 Å². The fourth-order valence-electron chi connectivity index (χ4n) is 3.68. The molecule has 1 aromatic carbocycles. The quantitative estimate of drug-likeness (QED) is 0.548. The van der Waals surface area contributed by atoms with Crippen LogP contribution in [0.4, 0.5) is 0 Å². The second-order valence-electron chi connectivity index (χ2n) is 7.33. The van der Waals surface area contributed by atoms with Crippen LogP contribution in [-0.2, 0) is 14.3 Å². The maximum atomic E-state index is 13.0. The number of nitrogens with zero attached hydrogens (tertiary/aromatic N) is 3. The van der Waals surface area contributed by atoms with Crippen LogP contribution < -0.4 is 9.47 Å². The molecule has 0 aliphatic carbocycles. The van der Waals surface area contributed by atoms with E-state index in [2.05, 4.69) is 0 Å². The van der Waals surface area contributed by atoms with Gasteiger partial charge < -0.3 is 24.0 Å². The van der Waals surface area contributed by atoms with Gasteiger partial charge in [-0.2, -0.15) is 0 Å². The Labute approximate surface area is 192 Å². The van der Waals surface area contributed by atoms with E-state index in [0.29, 0.717) is 35.7 Å². The van der Waals surface area contributed by atoms with Gasteiger partial charge in [0.15, 0.2) is 5.17 Å². The van der Waals surface area contributed by atoms with Crippen molar-refractivity contribution in [2.45, 2.75) is 32.7 Å². The normalized spacial score (nSPS) is 17.4. The van der Waals surface area contributed by atoms with Gasteiger partial charge in [-0.1, -0.05) is 18.7 Å². The summed E-state index contributed by atoms with van der Waals surface area (Å²) in [6.07, 6.45) is 0.761. The minimum atomic E-state index is -0.533. The standard InChI is InChI=1S/C23H29N3O5S/c1-7-18-20(22(28)31-6)21(14-9-16(29-4)12-17(10-14)30-5)26-15(13-32-23(26)24-18)11-19(27)25(3)8-2/h9-10,12-13,21H,7-8,11H2,1-6H3. The van der Waals surface area contributed by atoms with Crippen LogP contribution in [0, 0.1) is 0 Å². The van der Waals surface area contributed by atoms with Crippen LogP contribution in [0.2, 0.25) is 0 Å². The van der Waals surface area contributed by atoms with E-state index >= 15 is 0 Å². The number of carbonyl (C=O) groups is 2. The Hall–Kier alpha value is -2.94. The van der Waals surface area contributed by atoms with Crippen LogP contribution in [0.15, 0.2) is 45.6 Å². The highest BCUT2D eigenvalue weighted by atomic mass is 32.2. The Morgan fingerprint density at radius 3 is 2.31 bits per heavy atom. The number of carbonyl (C=O) groups excluding carboxylic acids is 2. The molecule has 1 aromatic rings. The first-order valence-corrected chi connectivity index (χ1v) is 11.3. The van der Waals surface area contributed by atoms with Crippen LogP contribution in [0.25, 0.3) is 0 Å². The minimum Gasteiger partial charge on any atom is -0.497 e. The number of esters is 1. The van der Waals surface area contributed by atoms with Gasteiger partial charge in [0.05, 0.1) is 45.1 Å². The fourth-order valence-corrected chi connectivity index (χ4v) is 4.62. The van der Waals surface area contributed by atoms with E-state index in [1.165, 1.54) is 18.9 Å². The highest BCUT2D eigenvalue weighted by Gasteiger charge is 2.42. The molecule has 2 aliphatic heterocycles. The molecule has 32 heavy (non-hydrogen) atoms. The van der Waals surface area contributed by atoms with Gasteiger partial charge in [0.2, 0.25) is 5.91 Å². The van der Waals surface area contributed by atoms with Crippen LogP contribution in [0.3, 0.4) is 0 Å². The largest absolute Gasteiger partial charge is 0.497 e. The zero-order chi connectivity index (χ0) is 23.4. The molecule has 0 bridgehead atoms. The predicted octanol–water partition coefficient (Wildman–Crippen LogP) is 3.71. The van der Waals surface area contributed by atoms with Crippen LogP contribution in [0.5, 0.6) is 11.5 Å². The third kappa shape index (κ3) is 4.48. The van der Waals surface area contributed by atoms with Gasteiger partial charge >= 0.3 is 5.97 Å². The molecule has 8 nitrogen and oxygen atoms in total. The monoisotopic (exact) mass is 459 g/mol. The number of hydrogen-bond donors (Lipinski definition) is 0. The van der Waals surface area contributed by atoms with Gasteiger partial charge in [-0.3, -0.25) is 4.79 Å². The predicted molar refractivity (Wildman–Crippen MR) is 124 cm³/mol. The number of thioether (sulfide) groups is 1. The summed E-state index contributed by atoms with van der Waals surface area (Å²) in [4.78, 5) is 34.0. The van der Waals surface area contributed by atoms with Crippen molar-refractivity contribution in [3.8, 4) is 11.5 Å². The molecule has 0 radical (unpaired) electrons. The van der Waals surface area contributed by atoms with E-state index in [0.717, 1.165) is 16.4 Å². The lowest BCUT2D eigenvalue weighted by atomic mass is 9.92. The second kappa shape index (κ2) is 10.1. The molecule has 9 heteroatoms. The summed E-state index contributed by atoms with van der Waals surface area (Å²) in [5.41, 5.74) is 2.67. The van der Waals surface area contributed by atoms with E-state index in [1.54, 1.807) is 32.2 Å². The van der Waals surface area contributed by atoms with Crippen molar-refractivity contribution in [2.75, 3.05) is 34.9 Å². The Balaban J connectivity index is 2.16. The summed E-state index contributed by atoms with van der Waals surface area (Å²) >= 11 is 1.45. The highest BCUT2D eigenvalue weighted by molar-refractivity contribution is 8.16. The van der Waals surface area contributed by atoms with Crippen molar-refractivity contribution in [1.82, 2.24) is 9.80 Å². The first-order valence-electron chi connectivity index (χ1n) is 10.4. The minimum absolute atomic E-state index is 0.00698. The topological polar surface area (TPSA) is 80.7 Å². The molecule has 1 unspecified atom stereocenters. The number of amides is 1. The van der Waals surface area contributed by atoms with Gasteiger partial charge in [-0.25, -0.2) is 9.79 Å². The van der Waals surface area contributed by atoms with E-state index in [-0.39, 0.29) is 12.3 Å². The Morgan fingerprint density at radius 1 is 1.12 bits per heavy atom. The summed E-state index contributed by atoms with van der Waals surface area (Å²) < 4.78 is 16.1. The molecule has 2 aliphatic rings.